The number of nitrogens with zero attached hydrogens (tertiary/aromatic N) is 4. The van der Waals surface area contributed by atoms with Gasteiger partial charge in [0.2, 0.25) is 5.91 Å². The molecule has 5 atom stereocenters. The molecule has 1 aromatic carbocycles. The number of benzene rings is 1. The van der Waals surface area contributed by atoms with E-state index in [2.05, 4.69) is 20.7 Å². The summed E-state index contributed by atoms with van der Waals surface area (Å²) in [4.78, 5) is 17.4. The van der Waals surface area contributed by atoms with E-state index in [1.54, 1.807) is 4.31 Å². The van der Waals surface area contributed by atoms with E-state index in [1.807, 2.05) is 0 Å². The Labute approximate surface area is 262 Å². The largest absolute Gasteiger partial charge is 0.435 e. The van der Waals surface area contributed by atoms with Crippen molar-refractivity contribution < 1.29 is 35.9 Å². The summed E-state index contributed by atoms with van der Waals surface area (Å²) in [5.74, 6) is -3.55. The summed E-state index contributed by atoms with van der Waals surface area (Å²) in [7, 11) is -1.75. The fourth-order valence-corrected chi connectivity index (χ4v) is 7.94. The molecule has 10 nitrogen and oxygen atoms in total. The van der Waals surface area contributed by atoms with Crippen LogP contribution in [0.5, 0.6) is 0 Å². The van der Waals surface area contributed by atoms with Crippen molar-refractivity contribution in [3.63, 3.8) is 0 Å². The maximum Gasteiger partial charge on any atom is 0.435 e. The Kier molecular flexibility index (Phi) is 9.75. The molecule has 0 saturated carbocycles. The lowest BCUT2D eigenvalue weighted by atomic mass is 9.87. The van der Waals surface area contributed by atoms with Gasteiger partial charge in [-0.05, 0) is 49.4 Å². The molecule has 2 fully saturated rings. The van der Waals surface area contributed by atoms with Crippen molar-refractivity contribution in [2.45, 2.75) is 55.9 Å². The maximum atomic E-state index is 15.1. The minimum Gasteiger partial charge on any atom is -0.323 e. The average Bonchev–Trinajstić information content (AvgIpc) is 3.31. The van der Waals surface area contributed by atoms with Crippen molar-refractivity contribution >= 4 is 34.0 Å². The number of carbonyl (C=O) groups is 1. The Morgan fingerprint density at radius 3 is 2.69 bits per heavy atom. The van der Waals surface area contributed by atoms with Crippen LogP contribution in [-0.2, 0) is 24.4 Å². The number of alkyl halides is 3. The molecule has 45 heavy (non-hydrogen) atoms. The molecule has 0 radical (unpaired) electrons. The predicted octanol–water partition coefficient (Wildman–Crippen LogP) is 4.90. The first-order valence-corrected chi connectivity index (χ1v) is 16.2. The average molecular weight is 678 g/mol. The van der Waals surface area contributed by atoms with E-state index in [0.29, 0.717) is 25.9 Å². The number of hydrogen-bond acceptors (Lipinski definition) is 8. The lowest BCUT2D eigenvalue weighted by molar-refractivity contribution is -0.141. The Morgan fingerprint density at radius 1 is 1.24 bits per heavy atom. The normalized spacial score (nSPS) is 23.6. The smallest absolute Gasteiger partial charge is 0.323 e. The molecule has 17 heteroatoms. The standard InChI is InChI=1S/C28H33ClF5N7O3S/c1-40-23(10-24(39-40)28(32,33)34)25(15-4-7-19(29)20(30)9-15)26(35)27(42)38-22-13-36-12-21(31)18(22)6-5-17-11-37-16-3-2-8-45(43,44)41(17)14-16/h4,7,9-10,12-13,16-17,25-26,37,43-44H,2-3,5-6,8,11,14,35H2,1H3,(H,38,42)/t16-,17+,25+,26+/m1/s1. The zero-order chi connectivity index (χ0) is 32.7. The number of hydrogen-bond donors (Lipinski definition) is 5. The molecule has 2 aliphatic heterocycles. The second-order valence-corrected chi connectivity index (χ2v) is 13.8. The van der Waals surface area contributed by atoms with Crippen molar-refractivity contribution in [3.05, 3.63) is 75.8 Å². The predicted molar refractivity (Wildman–Crippen MR) is 160 cm³/mol. The number of aromatic nitrogens is 3. The Morgan fingerprint density at radius 2 is 2.00 bits per heavy atom. The van der Waals surface area contributed by atoms with Crippen LogP contribution in [0.1, 0.15) is 47.7 Å². The number of piperazine rings is 1. The molecule has 3 aromatic rings. The van der Waals surface area contributed by atoms with Crippen LogP contribution >= 0.6 is 22.4 Å². The molecule has 6 N–H and O–H groups in total. The maximum absolute atomic E-state index is 15.1. The van der Waals surface area contributed by atoms with Crippen LogP contribution in [0.4, 0.5) is 27.6 Å². The fraction of sp³-hybridized carbons (Fsp3) is 0.464. The number of fused-ring (bicyclic) bond motifs is 2. The van der Waals surface area contributed by atoms with Gasteiger partial charge in [-0.3, -0.25) is 23.6 Å². The van der Waals surface area contributed by atoms with E-state index in [0.717, 1.165) is 29.4 Å². The van der Waals surface area contributed by atoms with E-state index >= 15 is 4.39 Å². The molecular formula is C28H33ClF5N7O3S. The number of anilines is 1. The van der Waals surface area contributed by atoms with E-state index in [9.17, 15) is 31.5 Å². The Bertz CT molecular complexity index is 1560. The molecule has 246 valence electrons. The lowest BCUT2D eigenvalue weighted by Gasteiger charge is -2.49. The molecule has 1 amide bonds. The highest BCUT2D eigenvalue weighted by atomic mass is 35.5. The summed E-state index contributed by atoms with van der Waals surface area (Å²) in [6, 6.07) is 2.46. The van der Waals surface area contributed by atoms with Crippen LogP contribution in [0.2, 0.25) is 5.02 Å². The van der Waals surface area contributed by atoms with Crippen LogP contribution in [0.25, 0.3) is 0 Å². The van der Waals surface area contributed by atoms with Gasteiger partial charge < -0.3 is 16.4 Å². The summed E-state index contributed by atoms with van der Waals surface area (Å²) in [5, 5.41) is 9.22. The number of rotatable bonds is 8. The van der Waals surface area contributed by atoms with Gasteiger partial charge in [-0.2, -0.15) is 18.3 Å². The Hall–Kier alpha value is -2.86. The first kappa shape index (κ1) is 33.5. The highest BCUT2D eigenvalue weighted by Crippen LogP contribution is 2.49. The van der Waals surface area contributed by atoms with Gasteiger partial charge in [0.25, 0.3) is 0 Å². The molecule has 0 spiro atoms. The van der Waals surface area contributed by atoms with Gasteiger partial charge in [-0.15, -0.1) is 10.8 Å². The van der Waals surface area contributed by atoms with Gasteiger partial charge in [0.15, 0.2) is 5.69 Å². The van der Waals surface area contributed by atoms with Gasteiger partial charge in [0, 0.05) is 43.5 Å². The Balaban J connectivity index is 1.40. The second-order valence-electron chi connectivity index (χ2n) is 11.3. The summed E-state index contributed by atoms with van der Waals surface area (Å²) >= 11 is 5.82. The number of amides is 1. The van der Waals surface area contributed by atoms with E-state index in [1.165, 1.54) is 25.4 Å². The number of aryl methyl sites for hydroxylation is 1. The molecule has 5 rings (SSSR count). The number of nitrogens with one attached hydrogen (secondary N) is 2. The van der Waals surface area contributed by atoms with Gasteiger partial charge in [0.05, 0.1) is 40.8 Å². The molecule has 2 bridgehead atoms. The van der Waals surface area contributed by atoms with Crippen molar-refractivity contribution in [2.75, 3.05) is 24.2 Å². The highest BCUT2D eigenvalue weighted by Gasteiger charge is 2.40. The van der Waals surface area contributed by atoms with E-state index < -0.39 is 52.1 Å². The first-order chi connectivity index (χ1) is 21.2. The van der Waals surface area contributed by atoms with Gasteiger partial charge >= 0.3 is 6.18 Å². The first-order valence-electron chi connectivity index (χ1n) is 14.2. The SMILES string of the molecule is Cn1nc(C(F)(F)F)cc1[C@H](c1ccc(Cl)c(F)c1)[C@H](N)C(=O)Nc1cncc(F)c1CC[C@H]1CN[C@@H]2CCCS(O)(O)N1C2. The fourth-order valence-electron chi connectivity index (χ4n) is 5.95. The molecule has 1 unspecified atom stereocenters. The van der Waals surface area contributed by atoms with Gasteiger partial charge in [0.1, 0.15) is 11.6 Å². The van der Waals surface area contributed by atoms with Crippen molar-refractivity contribution in [2.24, 2.45) is 12.8 Å². The summed E-state index contributed by atoms with van der Waals surface area (Å²) in [5.41, 5.74) is 5.15. The highest BCUT2D eigenvalue weighted by molar-refractivity contribution is 8.22. The third-order valence-electron chi connectivity index (χ3n) is 8.28. The third kappa shape index (κ3) is 7.26. The molecule has 2 saturated heterocycles. The topological polar surface area (TPSA) is 142 Å². The van der Waals surface area contributed by atoms with E-state index in [4.69, 9.17) is 17.3 Å². The number of halogens is 6. The lowest BCUT2D eigenvalue weighted by Crippen LogP contribution is -2.55. The minimum absolute atomic E-state index is 0.0124. The summed E-state index contributed by atoms with van der Waals surface area (Å²) < 4.78 is 94.2. The van der Waals surface area contributed by atoms with Crippen LogP contribution < -0.4 is 16.4 Å². The second kappa shape index (κ2) is 13.1. The van der Waals surface area contributed by atoms with Crippen molar-refractivity contribution in [3.8, 4) is 0 Å². The molecule has 0 aliphatic carbocycles. The summed E-state index contributed by atoms with van der Waals surface area (Å²) in [6.07, 6.45) is -0.714. The zero-order valence-corrected chi connectivity index (χ0v) is 25.6. The van der Waals surface area contributed by atoms with Crippen molar-refractivity contribution in [1.29, 1.82) is 0 Å². The van der Waals surface area contributed by atoms with Crippen LogP contribution in [0, 0.1) is 11.6 Å². The number of pyridine rings is 1. The molecule has 4 heterocycles. The monoisotopic (exact) mass is 677 g/mol. The van der Waals surface area contributed by atoms with Crippen molar-refractivity contribution in [1.82, 2.24) is 24.4 Å². The third-order valence-corrected chi connectivity index (χ3v) is 10.6. The summed E-state index contributed by atoms with van der Waals surface area (Å²) in [6.45, 7) is 0.908. The number of nitrogens with two attached hydrogens (primary N) is 1. The molecule has 2 aliphatic rings. The molecular weight excluding hydrogens is 645 g/mol. The quantitative estimate of drug-likeness (QED) is 0.212. The van der Waals surface area contributed by atoms with Gasteiger partial charge in [-0.1, -0.05) is 17.7 Å². The zero-order valence-electron chi connectivity index (χ0n) is 24.1. The number of carbonyl (C=O) groups excluding carboxylic acids is 1. The van der Waals surface area contributed by atoms with Gasteiger partial charge in [-0.25, -0.2) is 13.1 Å². The van der Waals surface area contributed by atoms with Crippen LogP contribution in [0.3, 0.4) is 0 Å². The van der Waals surface area contributed by atoms with Crippen LogP contribution in [-0.4, -0.2) is 71.1 Å². The van der Waals surface area contributed by atoms with Crippen LogP contribution in [0.15, 0.2) is 36.7 Å². The molecule has 2 aromatic heterocycles. The van der Waals surface area contributed by atoms with E-state index in [-0.39, 0.29) is 51.8 Å². The minimum atomic E-state index is -4.80.